The lowest BCUT2D eigenvalue weighted by molar-refractivity contribution is -0.384. The second-order valence-corrected chi connectivity index (χ2v) is 7.15. The highest BCUT2D eigenvalue weighted by atomic mass is 16.6. The Morgan fingerprint density at radius 2 is 2.04 bits per heavy atom. The molecule has 1 fully saturated rings. The number of nitrogens with one attached hydrogen (secondary N) is 2. The van der Waals surface area contributed by atoms with Gasteiger partial charge >= 0.3 is 0 Å². The lowest BCUT2D eigenvalue weighted by Gasteiger charge is -2.29. The van der Waals surface area contributed by atoms with Crippen LogP contribution in [0, 0.1) is 16.0 Å². The van der Waals surface area contributed by atoms with Gasteiger partial charge in [0.15, 0.2) is 0 Å². The first kappa shape index (κ1) is 18.8. The summed E-state index contributed by atoms with van der Waals surface area (Å²) in [5.41, 5.74) is 1.19. The van der Waals surface area contributed by atoms with Gasteiger partial charge < -0.3 is 10.6 Å². The van der Waals surface area contributed by atoms with Crippen LogP contribution in [0.4, 0.5) is 11.4 Å². The molecule has 1 heterocycles. The lowest BCUT2D eigenvalue weighted by atomic mass is 9.85. The van der Waals surface area contributed by atoms with Gasteiger partial charge in [-0.3, -0.25) is 14.9 Å². The number of amides is 1. The minimum absolute atomic E-state index is 0.0157. The van der Waals surface area contributed by atoms with Gasteiger partial charge in [-0.25, -0.2) is 9.67 Å². The van der Waals surface area contributed by atoms with Crippen molar-refractivity contribution in [2.24, 2.45) is 5.92 Å². The first-order chi connectivity index (χ1) is 12.9. The van der Waals surface area contributed by atoms with Gasteiger partial charge in [0.05, 0.1) is 10.6 Å². The quantitative estimate of drug-likeness (QED) is 0.595. The van der Waals surface area contributed by atoms with E-state index in [1.807, 2.05) is 13.8 Å². The van der Waals surface area contributed by atoms with Crippen molar-refractivity contribution < 1.29 is 9.72 Å². The first-order valence-corrected chi connectivity index (χ1v) is 9.14. The fourth-order valence-electron chi connectivity index (χ4n) is 3.41. The SMILES string of the molecule is CC(C)NC(=O)[C@H]1CC[C@@H](Nc2cc(-n3cncn3)ccc2[N+](=O)[O-])CC1. The molecule has 9 nitrogen and oxygen atoms in total. The average molecular weight is 372 g/mol. The van der Waals surface area contributed by atoms with Crippen molar-refractivity contribution in [3.63, 3.8) is 0 Å². The van der Waals surface area contributed by atoms with Crippen LogP contribution in [0.5, 0.6) is 0 Å². The number of aromatic nitrogens is 3. The van der Waals surface area contributed by atoms with Gasteiger partial charge in [-0.05, 0) is 51.7 Å². The molecule has 0 radical (unpaired) electrons. The van der Waals surface area contributed by atoms with Crippen molar-refractivity contribution >= 4 is 17.3 Å². The maximum Gasteiger partial charge on any atom is 0.292 e. The van der Waals surface area contributed by atoms with Gasteiger partial charge in [0.25, 0.3) is 5.69 Å². The van der Waals surface area contributed by atoms with E-state index >= 15 is 0 Å². The first-order valence-electron chi connectivity index (χ1n) is 9.14. The smallest absolute Gasteiger partial charge is 0.292 e. The van der Waals surface area contributed by atoms with Crippen molar-refractivity contribution in [3.05, 3.63) is 41.0 Å². The molecule has 1 amide bonds. The summed E-state index contributed by atoms with van der Waals surface area (Å²) in [5.74, 6) is 0.115. The Balaban J connectivity index is 1.69. The molecule has 0 saturated heterocycles. The zero-order valence-corrected chi connectivity index (χ0v) is 15.5. The van der Waals surface area contributed by atoms with E-state index < -0.39 is 4.92 Å². The molecule has 27 heavy (non-hydrogen) atoms. The highest BCUT2D eigenvalue weighted by Crippen LogP contribution is 2.32. The van der Waals surface area contributed by atoms with Crippen LogP contribution in [-0.2, 0) is 4.79 Å². The van der Waals surface area contributed by atoms with E-state index in [2.05, 4.69) is 20.7 Å². The molecule has 0 bridgehead atoms. The standard InChI is InChI=1S/C18H24N6O3/c1-12(2)21-18(25)13-3-5-14(6-4-13)22-16-9-15(23-11-19-10-20-23)7-8-17(16)24(26)27/h7-14,22H,3-6H2,1-2H3,(H,21,25)/t13-,14+. The zero-order chi connectivity index (χ0) is 19.4. The molecule has 1 aliphatic carbocycles. The Hall–Kier alpha value is -2.97. The molecule has 144 valence electrons. The summed E-state index contributed by atoms with van der Waals surface area (Å²) in [4.78, 5) is 27.1. The topological polar surface area (TPSA) is 115 Å². The fraction of sp³-hybridized carbons (Fsp3) is 0.500. The zero-order valence-electron chi connectivity index (χ0n) is 15.5. The van der Waals surface area contributed by atoms with Crippen LogP contribution in [0.1, 0.15) is 39.5 Å². The maximum atomic E-state index is 12.2. The number of carbonyl (C=O) groups excluding carboxylic acids is 1. The van der Waals surface area contributed by atoms with Crippen molar-refractivity contribution in [3.8, 4) is 5.69 Å². The lowest BCUT2D eigenvalue weighted by Crippen LogP contribution is -2.38. The number of rotatable bonds is 6. The van der Waals surface area contributed by atoms with Crippen LogP contribution in [0.15, 0.2) is 30.9 Å². The normalized spacial score (nSPS) is 19.7. The van der Waals surface area contributed by atoms with Gasteiger partial charge in [0.1, 0.15) is 18.3 Å². The van der Waals surface area contributed by atoms with Gasteiger partial charge in [0.2, 0.25) is 5.91 Å². The number of nitro groups is 1. The number of anilines is 1. The Morgan fingerprint density at radius 1 is 1.30 bits per heavy atom. The predicted octanol–water partition coefficient (Wildman–Crippen LogP) is 2.67. The summed E-state index contributed by atoms with van der Waals surface area (Å²) in [7, 11) is 0. The summed E-state index contributed by atoms with van der Waals surface area (Å²) in [6, 6.07) is 5.06. The Bertz CT molecular complexity index is 797. The molecule has 0 unspecified atom stereocenters. The molecule has 0 atom stereocenters. The summed E-state index contributed by atoms with van der Waals surface area (Å²) in [5, 5.41) is 21.7. The van der Waals surface area contributed by atoms with E-state index in [9.17, 15) is 14.9 Å². The molecule has 0 spiro atoms. The number of carbonyl (C=O) groups is 1. The Kier molecular flexibility index (Phi) is 5.68. The van der Waals surface area contributed by atoms with E-state index in [0.29, 0.717) is 11.4 Å². The van der Waals surface area contributed by atoms with Crippen LogP contribution in [0.3, 0.4) is 0 Å². The van der Waals surface area contributed by atoms with E-state index in [1.54, 1.807) is 23.1 Å². The summed E-state index contributed by atoms with van der Waals surface area (Å²) < 4.78 is 1.56. The van der Waals surface area contributed by atoms with E-state index in [1.165, 1.54) is 12.4 Å². The monoisotopic (exact) mass is 372 g/mol. The maximum absolute atomic E-state index is 12.2. The minimum atomic E-state index is -0.394. The van der Waals surface area contributed by atoms with Crippen molar-refractivity contribution in [1.29, 1.82) is 0 Å². The van der Waals surface area contributed by atoms with Gasteiger partial charge in [-0.1, -0.05) is 0 Å². The highest BCUT2D eigenvalue weighted by Gasteiger charge is 2.28. The number of nitro benzene ring substituents is 1. The average Bonchev–Trinajstić information content (AvgIpc) is 3.16. The second-order valence-electron chi connectivity index (χ2n) is 7.15. The van der Waals surface area contributed by atoms with Crippen LogP contribution < -0.4 is 10.6 Å². The Morgan fingerprint density at radius 3 is 2.63 bits per heavy atom. The molecule has 0 aliphatic heterocycles. The number of nitrogens with zero attached hydrogens (tertiary/aromatic N) is 4. The number of hydrogen-bond acceptors (Lipinski definition) is 6. The van der Waals surface area contributed by atoms with Gasteiger partial charge in [-0.2, -0.15) is 5.10 Å². The third kappa shape index (κ3) is 4.60. The van der Waals surface area contributed by atoms with E-state index in [4.69, 9.17) is 0 Å². The van der Waals surface area contributed by atoms with Crippen molar-refractivity contribution in [2.75, 3.05) is 5.32 Å². The largest absolute Gasteiger partial charge is 0.377 e. The number of hydrogen-bond donors (Lipinski definition) is 2. The third-order valence-corrected chi connectivity index (χ3v) is 4.75. The Labute approximate surface area is 157 Å². The fourth-order valence-corrected chi connectivity index (χ4v) is 3.41. The van der Waals surface area contributed by atoms with Crippen molar-refractivity contribution in [1.82, 2.24) is 20.1 Å². The molecule has 3 rings (SSSR count). The summed E-state index contributed by atoms with van der Waals surface area (Å²) in [6.07, 6.45) is 6.09. The molecular formula is C18H24N6O3. The second kappa shape index (κ2) is 8.15. The van der Waals surface area contributed by atoms with Gasteiger partial charge in [0, 0.05) is 24.1 Å². The van der Waals surface area contributed by atoms with Crippen molar-refractivity contribution in [2.45, 2.75) is 51.6 Å². The molecule has 2 aromatic rings. The summed E-state index contributed by atoms with van der Waals surface area (Å²) >= 11 is 0. The molecule has 1 aliphatic rings. The van der Waals surface area contributed by atoms with E-state index in [0.717, 1.165) is 25.7 Å². The molecule has 2 N–H and O–H groups in total. The minimum Gasteiger partial charge on any atom is -0.377 e. The molecule has 1 saturated carbocycles. The van der Waals surface area contributed by atoms with Crippen LogP contribution in [0.25, 0.3) is 5.69 Å². The predicted molar refractivity (Wildman–Crippen MR) is 101 cm³/mol. The molecule has 1 aromatic carbocycles. The highest BCUT2D eigenvalue weighted by molar-refractivity contribution is 5.79. The molecule has 9 heteroatoms. The van der Waals surface area contributed by atoms with E-state index in [-0.39, 0.29) is 29.6 Å². The number of benzene rings is 1. The summed E-state index contributed by atoms with van der Waals surface area (Å²) in [6.45, 7) is 3.90. The van der Waals surface area contributed by atoms with Gasteiger partial charge in [-0.15, -0.1) is 0 Å². The van der Waals surface area contributed by atoms with Crippen LogP contribution >= 0.6 is 0 Å². The third-order valence-electron chi connectivity index (χ3n) is 4.75. The molecule has 1 aromatic heterocycles. The van der Waals surface area contributed by atoms with Crippen LogP contribution in [0.2, 0.25) is 0 Å². The molecular weight excluding hydrogens is 348 g/mol. The van der Waals surface area contributed by atoms with Crippen LogP contribution in [-0.4, -0.2) is 37.7 Å².